The second-order valence-electron chi connectivity index (χ2n) is 6.55. The van der Waals surface area contributed by atoms with Gasteiger partial charge in [0.1, 0.15) is 4.90 Å². The predicted octanol–water partition coefficient (Wildman–Crippen LogP) is 2.80. The summed E-state index contributed by atoms with van der Waals surface area (Å²) in [6.07, 6.45) is 9.47. The highest BCUT2D eigenvalue weighted by Gasteiger charge is 2.18. The van der Waals surface area contributed by atoms with Gasteiger partial charge in [-0.3, -0.25) is 0 Å². The molecule has 26 heavy (non-hydrogen) atoms. The van der Waals surface area contributed by atoms with Gasteiger partial charge in [-0.1, -0.05) is 37.8 Å². The zero-order valence-corrected chi connectivity index (χ0v) is 16.7. The smallest absolute Gasteiger partial charge is 0.258 e. The van der Waals surface area contributed by atoms with Crippen LogP contribution in [0.25, 0.3) is 11.1 Å². The zero-order valence-electron chi connectivity index (χ0n) is 15.0. The van der Waals surface area contributed by atoms with Gasteiger partial charge in [-0.15, -0.1) is 12.4 Å². The van der Waals surface area contributed by atoms with Crippen molar-refractivity contribution in [3.63, 3.8) is 0 Å². The topological polar surface area (TPSA) is 97.1 Å². The van der Waals surface area contributed by atoms with Gasteiger partial charge in [-0.25, -0.2) is 18.1 Å². The number of rotatable bonds is 7. The molecule has 2 heterocycles. The molecule has 0 radical (unpaired) electrons. The molecule has 1 aliphatic rings. The summed E-state index contributed by atoms with van der Waals surface area (Å²) in [5, 5.41) is 8.03. The second-order valence-corrected chi connectivity index (χ2v) is 8.31. The molecule has 1 aliphatic carbocycles. The highest BCUT2D eigenvalue weighted by molar-refractivity contribution is 7.89. The Morgan fingerprint density at radius 1 is 1.19 bits per heavy atom. The van der Waals surface area contributed by atoms with E-state index in [9.17, 15) is 8.42 Å². The minimum absolute atomic E-state index is 0. The first kappa shape index (κ1) is 21.1. The van der Waals surface area contributed by atoms with Crippen molar-refractivity contribution in [2.75, 3.05) is 13.1 Å². The molecule has 2 aromatic heterocycles. The summed E-state index contributed by atoms with van der Waals surface area (Å²) >= 11 is 0. The number of aryl methyl sites for hydroxylation is 1. The Balaban J connectivity index is 0.00000243. The molecule has 1 fully saturated rings. The van der Waals surface area contributed by atoms with Crippen LogP contribution in [-0.2, 0) is 16.4 Å². The van der Waals surface area contributed by atoms with Gasteiger partial charge in [-0.2, -0.15) is 0 Å². The van der Waals surface area contributed by atoms with E-state index in [-0.39, 0.29) is 17.3 Å². The van der Waals surface area contributed by atoms with Crippen molar-refractivity contribution in [1.82, 2.24) is 20.2 Å². The molecular formula is C17H27ClN4O3S. The molecule has 3 rings (SSSR count). The number of hydrogen-bond acceptors (Lipinski definition) is 6. The quantitative estimate of drug-likeness (QED) is 0.546. The third kappa shape index (κ3) is 5.16. The summed E-state index contributed by atoms with van der Waals surface area (Å²) in [4.78, 5) is 4.21. The average molecular weight is 403 g/mol. The molecule has 0 amide bonds. The Hall–Kier alpha value is -1.22. The number of pyridine rings is 1. The van der Waals surface area contributed by atoms with Gasteiger partial charge in [0.2, 0.25) is 10.0 Å². The summed E-state index contributed by atoms with van der Waals surface area (Å²) in [5.74, 6) is 0. The van der Waals surface area contributed by atoms with E-state index < -0.39 is 10.0 Å². The van der Waals surface area contributed by atoms with E-state index in [0.29, 0.717) is 36.7 Å². The monoisotopic (exact) mass is 402 g/mol. The highest BCUT2D eigenvalue weighted by atomic mass is 35.5. The van der Waals surface area contributed by atoms with Gasteiger partial charge in [0.05, 0.1) is 17.3 Å². The fraction of sp³-hybridized carbons (Fsp3) is 0.647. The maximum Gasteiger partial charge on any atom is 0.258 e. The molecule has 0 aromatic carbocycles. The number of nitrogens with one attached hydrogen (secondary N) is 2. The van der Waals surface area contributed by atoms with Crippen LogP contribution in [0, 0.1) is 0 Å². The predicted molar refractivity (Wildman–Crippen MR) is 103 cm³/mol. The Bertz CT molecular complexity index is 801. The lowest BCUT2D eigenvalue weighted by atomic mass is 10.1. The number of sulfonamides is 1. The summed E-state index contributed by atoms with van der Waals surface area (Å²) in [5.41, 5.74) is 1.08. The fourth-order valence-corrected chi connectivity index (χ4v) is 4.29. The number of hydrogen-bond donors (Lipinski definition) is 2. The molecule has 2 N–H and O–H groups in total. The zero-order chi connectivity index (χ0) is 17.7. The maximum absolute atomic E-state index is 12.5. The fourth-order valence-electron chi connectivity index (χ4n) is 3.29. The normalized spacial score (nSPS) is 16.3. The molecule has 9 heteroatoms. The van der Waals surface area contributed by atoms with Crippen LogP contribution < -0.4 is 10.0 Å². The third-order valence-electron chi connectivity index (χ3n) is 4.73. The van der Waals surface area contributed by atoms with Crippen molar-refractivity contribution in [2.45, 2.75) is 62.8 Å². The molecule has 0 aliphatic heterocycles. The minimum atomic E-state index is -3.59. The van der Waals surface area contributed by atoms with Crippen LogP contribution >= 0.6 is 12.4 Å². The van der Waals surface area contributed by atoms with Gasteiger partial charge >= 0.3 is 0 Å². The number of aromatic nitrogens is 2. The molecule has 0 unspecified atom stereocenters. The van der Waals surface area contributed by atoms with E-state index in [1.807, 2.05) is 6.92 Å². The van der Waals surface area contributed by atoms with Gasteiger partial charge in [0.25, 0.3) is 5.71 Å². The van der Waals surface area contributed by atoms with Crippen LogP contribution in [0.3, 0.4) is 0 Å². The molecule has 1 saturated carbocycles. The van der Waals surface area contributed by atoms with E-state index in [4.69, 9.17) is 4.52 Å². The van der Waals surface area contributed by atoms with Crippen molar-refractivity contribution in [2.24, 2.45) is 0 Å². The van der Waals surface area contributed by atoms with Gasteiger partial charge in [-0.05, 0) is 25.3 Å². The summed E-state index contributed by atoms with van der Waals surface area (Å²) < 4.78 is 32.7. The summed E-state index contributed by atoms with van der Waals surface area (Å²) in [7, 11) is -3.59. The molecule has 0 bridgehead atoms. The number of fused-ring (bicyclic) bond motifs is 1. The molecule has 0 atom stereocenters. The van der Waals surface area contributed by atoms with Crippen molar-refractivity contribution in [3.05, 3.63) is 18.0 Å². The van der Waals surface area contributed by atoms with Gasteiger partial charge in [0, 0.05) is 19.1 Å². The van der Waals surface area contributed by atoms with E-state index in [1.165, 1.54) is 44.7 Å². The lowest BCUT2D eigenvalue weighted by molar-refractivity contribution is 0.439. The lowest BCUT2D eigenvalue weighted by Crippen LogP contribution is -2.36. The maximum atomic E-state index is 12.5. The molecule has 0 saturated heterocycles. The standard InChI is InChI=1S/C17H26N4O3S.ClH/c1-2-16-15-11-14(12-19-17(15)24-21-16)25(22,23)20-10-9-18-13-7-5-3-4-6-8-13;/h11-13,18,20H,2-10H2,1H3;1H. The number of halogens is 1. The van der Waals surface area contributed by atoms with Gasteiger partial charge in [0.15, 0.2) is 0 Å². The van der Waals surface area contributed by atoms with Crippen LogP contribution in [0.15, 0.2) is 21.7 Å². The molecule has 0 spiro atoms. The third-order valence-corrected chi connectivity index (χ3v) is 6.16. The lowest BCUT2D eigenvalue weighted by Gasteiger charge is -2.16. The first-order chi connectivity index (χ1) is 12.1. The van der Waals surface area contributed by atoms with Crippen LogP contribution in [0.2, 0.25) is 0 Å². The van der Waals surface area contributed by atoms with E-state index >= 15 is 0 Å². The van der Waals surface area contributed by atoms with E-state index in [1.54, 1.807) is 6.07 Å². The van der Waals surface area contributed by atoms with Crippen LogP contribution in [0.5, 0.6) is 0 Å². The second kappa shape index (κ2) is 9.64. The minimum Gasteiger partial charge on any atom is -0.336 e. The van der Waals surface area contributed by atoms with E-state index in [2.05, 4.69) is 20.2 Å². The molecule has 146 valence electrons. The first-order valence-electron chi connectivity index (χ1n) is 9.07. The Kier molecular flexibility index (Phi) is 7.82. The van der Waals surface area contributed by atoms with Crippen LogP contribution in [-0.4, -0.2) is 37.7 Å². The van der Waals surface area contributed by atoms with Crippen LogP contribution in [0.1, 0.15) is 51.1 Å². The largest absolute Gasteiger partial charge is 0.336 e. The molecule has 2 aromatic rings. The Morgan fingerprint density at radius 2 is 1.92 bits per heavy atom. The van der Waals surface area contributed by atoms with Crippen molar-refractivity contribution in [3.8, 4) is 0 Å². The highest BCUT2D eigenvalue weighted by Crippen LogP contribution is 2.20. The Morgan fingerprint density at radius 3 is 2.62 bits per heavy atom. The molecular weight excluding hydrogens is 376 g/mol. The van der Waals surface area contributed by atoms with Crippen LogP contribution in [0.4, 0.5) is 0 Å². The summed E-state index contributed by atoms with van der Waals surface area (Å²) in [6, 6.07) is 2.09. The van der Waals surface area contributed by atoms with Gasteiger partial charge < -0.3 is 9.84 Å². The first-order valence-corrected chi connectivity index (χ1v) is 10.6. The molecule has 7 nitrogen and oxygen atoms in total. The average Bonchev–Trinajstić information content (AvgIpc) is 2.84. The van der Waals surface area contributed by atoms with Crippen molar-refractivity contribution in [1.29, 1.82) is 0 Å². The number of nitrogens with zero attached hydrogens (tertiary/aromatic N) is 2. The van der Waals surface area contributed by atoms with Crippen molar-refractivity contribution >= 4 is 33.5 Å². The SMILES string of the molecule is CCc1noc2ncc(S(=O)(=O)NCCNC3CCCCCC3)cc12.Cl. The Labute approximate surface area is 160 Å². The van der Waals surface area contributed by atoms with Crippen molar-refractivity contribution < 1.29 is 12.9 Å². The summed E-state index contributed by atoms with van der Waals surface area (Å²) in [6.45, 7) is 2.93. The van der Waals surface area contributed by atoms with E-state index in [0.717, 1.165) is 5.69 Å².